The highest BCUT2D eigenvalue weighted by molar-refractivity contribution is 5.36. The molecule has 1 atom stereocenters. The molecule has 0 bridgehead atoms. The maximum atomic E-state index is 9.81. The van der Waals surface area contributed by atoms with Crippen LogP contribution in [0.3, 0.4) is 0 Å². The first kappa shape index (κ1) is 11.7. The van der Waals surface area contributed by atoms with Crippen molar-refractivity contribution in [3.05, 3.63) is 35.4 Å². The summed E-state index contributed by atoms with van der Waals surface area (Å²) in [6.45, 7) is 2.53. The van der Waals surface area contributed by atoms with Crippen molar-refractivity contribution in [2.45, 2.75) is 50.9 Å². The number of benzene rings is 1. The van der Waals surface area contributed by atoms with Gasteiger partial charge in [-0.1, -0.05) is 44.0 Å². The maximum Gasteiger partial charge on any atom is 0.0528 e. The minimum Gasteiger partial charge on any atom is -0.395 e. The first-order valence-corrected chi connectivity index (χ1v) is 6.51. The molecule has 0 heterocycles. The standard InChI is InChI=1S/C15H22O/c1-2-3-10-15(12-16)11-6-8-13-7-4-5-9-14(13)15/h4-5,7,9,16H,2-3,6,8,10-12H2,1H3. The van der Waals surface area contributed by atoms with Crippen LogP contribution in [0.4, 0.5) is 0 Å². The topological polar surface area (TPSA) is 20.2 Å². The summed E-state index contributed by atoms with van der Waals surface area (Å²) in [7, 11) is 0. The van der Waals surface area contributed by atoms with Crippen LogP contribution in [0.1, 0.15) is 50.2 Å². The third-order valence-electron chi connectivity index (χ3n) is 4.00. The van der Waals surface area contributed by atoms with Gasteiger partial charge in [0.25, 0.3) is 0 Å². The Kier molecular flexibility index (Phi) is 3.65. The van der Waals surface area contributed by atoms with Crippen LogP contribution in [-0.4, -0.2) is 11.7 Å². The lowest BCUT2D eigenvalue weighted by Gasteiger charge is -2.38. The molecule has 1 aromatic carbocycles. The molecule has 0 spiro atoms. The average molecular weight is 218 g/mol. The summed E-state index contributed by atoms with van der Waals surface area (Å²) in [4.78, 5) is 0. The smallest absolute Gasteiger partial charge is 0.0528 e. The zero-order valence-electron chi connectivity index (χ0n) is 10.2. The summed E-state index contributed by atoms with van der Waals surface area (Å²) >= 11 is 0. The van der Waals surface area contributed by atoms with E-state index in [1.165, 1.54) is 36.8 Å². The second kappa shape index (κ2) is 5.01. The molecule has 0 aliphatic heterocycles. The van der Waals surface area contributed by atoms with E-state index in [9.17, 15) is 5.11 Å². The number of rotatable bonds is 4. The van der Waals surface area contributed by atoms with Crippen LogP contribution in [0.15, 0.2) is 24.3 Å². The van der Waals surface area contributed by atoms with Crippen LogP contribution < -0.4 is 0 Å². The fourth-order valence-corrected chi connectivity index (χ4v) is 3.03. The molecule has 1 aliphatic rings. The highest BCUT2D eigenvalue weighted by atomic mass is 16.3. The van der Waals surface area contributed by atoms with Gasteiger partial charge in [0, 0.05) is 5.41 Å². The molecular weight excluding hydrogens is 196 g/mol. The molecule has 0 aromatic heterocycles. The number of unbranched alkanes of at least 4 members (excludes halogenated alkanes) is 1. The zero-order chi connectivity index (χ0) is 11.4. The van der Waals surface area contributed by atoms with Crippen molar-refractivity contribution in [3.8, 4) is 0 Å². The molecular formula is C15H22O. The van der Waals surface area contributed by atoms with Crippen molar-refractivity contribution in [3.63, 3.8) is 0 Å². The summed E-state index contributed by atoms with van der Waals surface area (Å²) in [6.07, 6.45) is 7.13. The van der Waals surface area contributed by atoms with E-state index in [-0.39, 0.29) is 5.41 Å². The molecule has 1 N–H and O–H groups in total. The van der Waals surface area contributed by atoms with E-state index in [2.05, 4.69) is 31.2 Å². The first-order chi connectivity index (χ1) is 7.82. The third kappa shape index (κ3) is 2.01. The Hall–Kier alpha value is -0.820. The first-order valence-electron chi connectivity index (χ1n) is 6.51. The van der Waals surface area contributed by atoms with Crippen LogP contribution >= 0.6 is 0 Å². The lowest BCUT2D eigenvalue weighted by molar-refractivity contribution is 0.162. The Morgan fingerprint density at radius 2 is 2.12 bits per heavy atom. The highest BCUT2D eigenvalue weighted by Gasteiger charge is 2.34. The number of fused-ring (bicyclic) bond motifs is 1. The van der Waals surface area contributed by atoms with E-state index in [1.807, 2.05) is 0 Å². The quantitative estimate of drug-likeness (QED) is 0.820. The Labute approximate surface area is 98.5 Å². The molecule has 0 fully saturated rings. The fourth-order valence-electron chi connectivity index (χ4n) is 3.03. The number of hydrogen-bond donors (Lipinski definition) is 1. The molecule has 0 saturated carbocycles. The van der Waals surface area contributed by atoms with Crippen molar-refractivity contribution in [2.75, 3.05) is 6.61 Å². The highest BCUT2D eigenvalue weighted by Crippen LogP contribution is 2.40. The molecule has 1 unspecified atom stereocenters. The van der Waals surface area contributed by atoms with E-state index in [4.69, 9.17) is 0 Å². The zero-order valence-corrected chi connectivity index (χ0v) is 10.2. The lowest BCUT2D eigenvalue weighted by atomic mass is 9.68. The van der Waals surface area contributed by atoms with E-state index >= 15 is 0 Å². The Morgan fingerprint density at radius 3 is 2.88 bits per heavy atom. The lowest BCUT2D eigenvalue weighted by Crippen LogP contribution is -2.34. The van der Waals surface area contributed by atoms with Crippen molar-refractivity contribution in [1.82, 2.24) is 0 Å². The van der Waals surface area contributed by atoms with Crippen molar-refractivity contribution < 1.29 is 5.11 Å². The van der Waals surface area contributed by atoms with Gasteiger partial charge in [-0.3, -0.25) is 0 Å². The Bertz CT molecular complexity index is 345. The largest absolute Gasteiger partial charge is 0.395 e. The van der Waals surface area contributed by atoms with Crippen molar-refractivity contribution in [1.29, 1.82) is 0 Å². The minimum absolute atomic E-state index is 0.0604. The second-order valence-corrected chi connectivity index (χ2v) is 5.05. The monoisotopic (exact) mass is 218 g/mol. The molecule has 1 aliphatic carbocycles. The van der Waals surface area contributed by atoms with Crippen LogP contribution in [0, 0.1) is 0 Å². The van der Waals surface area contributed by atoms with Crippen molar-refractivity contribution >= 4 is 0 Å². The number of hydrogen-bond acceptors (Lipinski definition) is 1. The molecule has 0 saturated heterocycles. The molecule has 0 radical (unpaired) electrons. The summed E-state index contributed by atoms with van der Waals surface area (Å²) in [5.74, 6) is 0. The van der Waals surface area contributed by atoms with Gasteiger partial charge < -0.3 is 5.11 Å². The van der Waals surface area contributed by atoms with Gasteiger partial charge in [-0.2, -0.15) is 0 Å². The summed E-state index contributed by atoms with van der Waals surface area (Å²) < 4.78 is 0. The van der Waals surface area contributed by atoms with Crippen LogP contribution in [0.5, 0.6) is 0 Å². The van der Waals surface area contributed by atoms with E-state index in [0.717, 1.165) is 12.8 Å². The third-order valence-corrected chi connectivity index (χ3v) is 4.00. The van der Waals surface area contributed by atoms with Gasteiger partial charge >= 0.3 is 0 Å². The molecule has 1 aromatic rings. The predicted molar refractivity (Wildman–Crippen MR) is 67.7 cm³/mol. The van der Waals surface area contributed by atoms with E-state index in [0.29, 0.717) is 6.61 Å². The summed E-state index contributed by atoms with van der Waals surface area (Å²) in [5.41, 5.74) is 2.93. The SMILES string of the molecule is CCCCC1(CO)CCCc2ccccc21. The van der Waals surface area contributed by atoms with Gasteiger partial charge in [-0.25, -0.2) is 0 Å². The minimum atomic E-state index is 0.0604. The van der Waals surface area contributed by atoms with Gasteiger partial charge in [-0.15, -0.1) is 0 Å². The van der Waals surface area contributed by atoms with Gasteiger partial charge in [0.15, 0.2) is 0 Å². The molecule has 0 amide bonds. The Morgan fingerprint density at radius 1 is 1.31 bits per heavy atom. The molecule has 2 rings (SSSR count). The second-order valence-electron chi connectivity index (χ2n) is 5.05. The fraction of sp³-hybridized carbons (Fsp3) is 0.600. The summed E-state index contributed by atoms with van der Waals surface area (Å²) in [5, 5.41) is 9.81. The van der Waals surface area contributed by atoms with Gasteiger partial charge in [0.2, 0.25) is 0 Å². The Balaban J connectivity index is 2.33. The maximum absolute atomic E-state index is 9.81. The van der Waals surface area contributed by atoms with Crippen molar-refractivity contribution in [2.24, 2.45) is 0 Å². The van der Waals surface area contributed by atoms with Gasteiger partial charge in [0.1, 0.15) is 0 Å². The predicted octanol–water partition coefficient (Wildman–Crippen LogP) is 3.44. The van der Waals surface area contributed by atoms with Crippen LogP contribution in [0.2, 0.25) is 0 Å². The van der Waals surface area contributed by atoms with Gasteiger partial charge in [0.05, 0.1) is 6.61 Å². The molecule has 1 heteroatoms. The molecule has 88 valence electrons. The number of aryl methyl sites for hydroxylation is 1. The number of aliphatic hydroxyl groups excluding tert-OH is 1. The normalized spacial score (nSPS) is 24.1. The van der Waals surface area contributed by atoms with E-state index < -0.39 is 0 Å². The summed E-state index contributed by atoms with van der Waals surface area (Å²) in [6, 6.07) is 8.68. The van der Waals surface area contributed by atoms with Gasteiger partial charge in [-0.05, 0) is 36.8 Å². The van der Waals surface area contributed by atoms with Crippen LogP contribution in [0.25, 0.3) is 0 Å². The molecule has 1 nitrogen and oxygen atoms in total. The molecule has 16 heavy (non-hydrogen) atoms. The van der Waals surface area contributed by atoms with Crippen LogP contribution in [-0.2, 0) is 11.8 Å². The number of aliphatic hydroxyl groups is 1. The van der Waals surface area contributed by atoms with E-state index in [1.54, 1.807) is 0 Å². The average Bonchev–Trinajstić information content (AvgIpc) is 2.36.